The summed E-state index contributed by atoms with van der Waals surface area (Å²) < 4.78 is 5.63. The van der Waals surface area contributed by atoms with E-state index in [2.05, 4.69) is 10.5 Å². The molecule has 0 spiro atoms. The van der Waals surface area contributed by atoms with Crippen molar-refractivity contribution in [2.45, 2.75) is 38.3 Å². The highest BCUT2D eigenvalue weighted by Gasteiger charge is 2.41. The van der Waals surface area contributed by atoms with Crippen LogP contribution in [-0.4, -0.2) is 35.7 Å². The van der Waals surface area contributed by atoms with Crippen molar-refractivity contribution in [1.29, 1.82) is 0 Å². The first-order valence-corrected chi connectivity index (χ1v) is 6.03. The second kappa shape index (κ2) is 4.91. The first-order valence-electron chi connectivity index (χ1n) is 6.03. The summed E-state index contributed by atoms with van der Waals surface area (Å²) >= 11 is 0. The lowest BCUT2D eigenvalue weighted by molar-refractivity contribution is -0.123. The van der Waals surface area contributed by atoms with E-state index >= 15 is 0 Å². The number of oxime groups is 1. The number of hydrogen-bond donors (Lipinski definition) is 3. The highest BCUT2D eigenvalue weighted by Crippen LogP contribution is 2.38. The number of nitrogens with one attached hydrogen (secondary N) is 1. The molecule has 1 saturated carbocycles. The van der Waals surface area contributed by atoms with Crippen LogP contribution in [0.2, 0.25) is 0 Å². The number of carbonyl (C=O) groups excluding carboxylic acids is 1. The summed E-state index contributed by atoms with van der Waals surface area (Å²) in [6.07, 6.45) is 3.37. The van der Waals surface area contributed by atoms with Crippen LogP contribution in [0.25, 0.3) is 0 Å². The SMILES string of the molecule is CC(C(=O)NC1CCOC1C1CC1)C(N)=NO. The van der Waals surface area contributed by atoms with Crippen LogP contribution < -0.4 is 11.1 Å². The molecule has 1 heterocycles. The Balaban J connectivity index is 1.89. The average molecular weight is 241 g/mol. The maximum absolute atomic E-state index is 11.8. The van der Waals surface area contributed by atoms with E-state index in [-0.39, 0.29) is 23.9 Å². The third kappa shape index (κ3) is 2.69. The van der Waals surface area contributed by atoms with Gasteiger partial charge in [-0.3, -0.25) is 4.79 Å². The quantitative estimate of drug-likeness (QED) is 0.280. The Morgan fingerprint density at radius 3 is 2.82 bits per heavy atom. The lowest BCUT2D eigenvalue weighted by Gasteiger charge is -2.21. The van der Waals surface area contributed by atoms with Crippen LogP contribution in [0.4, 0.5) is 0 Å². The Bertz CT molecular complexity index is 328. The first-order chi connectivity index (χ1) is 8.13. The summed E-state index contributed by atoms with van der Waals surface area (Å²) in [5.41, 5.74) is 5.41. The van der Waals surface area contributed by atoms with Gasteiger partial charge < -0.3 is 21.0 Å². The van der Waals surface area contributed by atoms with Crippen LogP contribution in [0.1, 0.15) is 26.2 Å². The molecule has 0 radical (unpaired) electrons. The van der Waals surface area contributed by atoms with Crippen LogP contribution in [-0.2, 0) is 9.53 Å². The molecule has 2 aliphatic rings. The number of amidine groups is 1. The van der Waals surface area contributed by atoms with Gasteiger partial charge in [-0.15, -0.1) is 0 Å². The molecule has 0 bridgehead atoms. The number of nitrogens with zero attached hydrogens (tertiary/aromatic N) is 1. The Morgan fingerprint density at radius 1 is 1.53 bits per heavy atom. The Morgan fingerprint density at radius 2 is 2.24 bits per heavy atom. The first kappa shape index (κ1) is 12.2. The van der Waals surface area contributed by atoms with Gasteiger partial charge in [-0.2, -0.15) is 0 Å². The van der Waals surface area contributed by atoms with Gasteiger partial charge in [0.15, 0.2) is 5.84 Å². The number of ether oxygens (including phenoxy) is 1. The summed E-state index contributed by atoms with van der Waals surface area (Å²) in [7, 11) is 0. The fourth-order valence-electron chi connectivity index (χ4n) is 2.18. The van der Waals surface area contributed by atoms with Crippen molar-refractivity contribution in [2.24, 2.45) is 22.7 Å². The van der Waals surface area contributed by atoms with Gasteiger partial charge in [-0.1, -0.05) is 5.16 Å². The van der Waals surface area contributed by atoms with Crippen LogP contribution in [0.15, 0.2) is 5.16 Å². The van der Waals surface area contributed by atoms with Gasteiger partial charge in [0.2, 0.25) is 5.91 Å². The number of nitrogens with two attached hydrogens (primary N) is 1. The topological polar surface area (TPSA) is 96.9 Å². The van der Waals surface area contributed by atoms with Crippen LogP contribution in [0.3, 0.4) is 0 Å². The van der Waals surface area contributed by atoms with Crippen molar-refractivity contribution >= 4 is 11.7 Å². The van der Waals surface area contributed by atoms with Crippen molar-refractivity contribution in [3.8, 4) is 0 Å². The summed E-state index contributed by atoms with van der Waals surface area (Å²) in [5, 5.41) is 14.3. The molecule has 2 fully saturated rings. The third-order valence-corrected chi connectivity index (χ3v) is 3.50. The van der Waals surface area contributed by atoms with E-state index in [1.54, 1.807) is 6.92 Å². The maximum Gasteiger partial charge on any atom is 0.230 e. The van der Waals surface area contributed by atoms with Gasteiger partial charge in [0.25, 0.3) is 0 Å². The highest BCUT2D eigenvalue weighted by molar-refractivity contribution is 6.01. The Labute approximate surface area is 100 Å². The standard InChI is InChI=1S/C11H19N3O3/c1-6(10(12)14-16)11(15)13-8-4-5-17-9(8)7-2-3-7/h6-9,16H,2-5H2,1H3,(H2,12,14)(H,13,15). The maximum atomic E-state index is 11.8. The summed E-state index contributed by atoms with van der Waals surface area (Å²) in [6, 6.07) is 0.0731. The van der Waals surface area contributed by atoms with E-state index in [4.69, 9.17) is 15.7 Å². The van der Waals surface area contributed by atoms with Gasteiger partial charge in [0.1, 0.15) is 0 Å². The number of carbonyl (C=O) groups is 1. The van der Waals surface area contributed by atoms with Gasteiger partial charge in [0, 0.05) is 6.61 Å². The average Bonchev–Trinajstić information content (AvgIpc) is 3.08. The van der Waals surface area contributed by atoms with E-state index < -0.39 is 5.92 Å². The zero-order chi connectivity index (χ0) is 12.4. The fourth-order valence-corrected chi connectivity index (χ4v) is 2.18. The predicted octanol–water partition coefficient (Wildman–Crippen LogP) is 0.0526. The van der Waals surface area contributed by atoms with Gasteiger partial charge in [0.05, 0.1) is 18.1 Å². The summed E-state index contributed by atoms with van der Waals surface area (Å²) in [5.74, 6) is -0.284. The largest absolute Gasteiger partial charge is 0.409 e. The number of rotatable bonds is 4. The molecule has 1 saturated heterocycles. The Hall–Kier alpha value is -1.30. The van der Waals surface area contributed by atoms with Crippen molar-refractivity contribution < 1.29 is 14.7 Å². The molecule has 1 amide bonds. The van der Waals surface area contributed by atoms with E-state index in [9.17, 15) is 4.79 Å². The molecule has 1 aliphatic carbocycles. The molecule has 0 aromatic heterocycles. The molecule has 96 valence electrons. The van der Waals surface area contributed by atoms with E-state index in [0.717, 1.165) is 6.42 Å². The fraction of sp³-hybridized carbons (Fsp3) is 0.818. The molecule has 0 aromatic carbocycles. The smallest absolute Gasteiger partial charge is 0.230 e. The second-order valence-electron chi connectivity index (χ2n) is 4.82. The molecule has 3 atom stereocenters. The van der Waals surface area contributed by atoms with E-state index in [1.165, 1.54) is 12.8 Å². The molecule has 17 heavy (non-hydrogen) atoms. The predicted molar refractivity (Wildman–Crippen MR) is 61.6 cm³/mol. The van der Waals surface area contributed by atoms with Gasteiger partial charge in [-0.25, -0.2) is 0 Å². The van der Waals surface area contributed by atoms with E-state index in [0.29, 0.717) is 12.5 Å². The molecule has 0 aromatic rings. The third-order valence-electron chi connectivity index (χ3n) is 3.50. The van der Waals surface area contributed by atoms with Crippen molar-refractivity contribution in [3.05, 3.63) is 0 Å². The van der Waals surface area contributed by atoms with Crippen LogP contribution >= 0.6 is 0 Å². The van der Waals surface area contributed by atoms with Gasteiger partial charge >= 0.3 is 0 Å². The molecule has 3 unspecified atom stereocenters. The minimum atomic E-state index is -0.611. The summed E-state index contributed by atoms with van der Waals surface area (Å²) in [6.45, 7) is 2.32. The highest BCUT2D eigenvalue weighted by atomic mass is 16.5. The zero-order valence-corrected chi connectivity index (χ0v) is 9.93. The lowest BCUT2D eigenvalue weighted by atomic mass is 10.0. The molecule has 2 rings (SSSR count). The molecular formula is C11H19N3O3. The van der Waals surface area contributed by atoms with Crippen molar-refractivity contribution in [3.63, 3.8) is 0 Å². The number of amides is 1. The van der Waals surface area contributed by atoms with Crippen LogP contribution in [0.5, 0.6) is 0 Å². The number of hydrogen-bond acceptors (Lipinski definition) is 4. The molecule has 6 nitrogen and oxygen atoms in total. The van der Waals surface area contributed by atoms with Crippen LogP contribution in [0, 0.1) is 11.8 Å². The van der Waals surface area contributed by atoms with E-state index in [1.807, 2.05) is 0 Å². The zero-order valence-electron chi connectivity index (χ0n) is 9.93. The molecule has 1 aliphatic heterocycles. The second-order valence-corrected chi connectivity index (χ2v) is 4.82. The minimum absolute atomic E-state index is 0.0654. The van der Waals surface area contributed by atoms with Gasteiger partial charge in [-0.05, 0) is 32.1 Å². The van der Waals surface area contributed by atoms with Crippen molar-refractivity contribution in [2.75, 3.05) is 6.61 Å². The van der Waals surface area contributed by atoms with Crippen molar-refractivity contribution in [1.82, 2.24) is 5.32 Å². The summed E-state index contributed by atoms with van der Waals surface area (Å²) in [4.78, 5) is 11.8. The molecule has 4 N–H and O–H groups in total. The normalized spacial score (nSPS) is 31.2. The Kier molecular flexibility index (Phi) is 3.51. The monoisotopic (exact) mass is 241 g/mol. The molecular weight excluding hydrogens is 222 g/mol. The lowest BCUT2D eigenvalue weighted by Crippen LogP contribution is -2.46. The minimum Gasteiger partial charge on any atom is -0.409 e. The molecule has 6 heteroatoms.